The fourth-order valence-corrected chi connectivity index (χ4v) is 2.12. The summed E-state index contributed by atoms with van der Waals surface area (Å²) in [6, 6.07) is 11.5. The number of rotatable bonds is 4. The first-order chi connectivity index (χ1) is 11.5. The third kappa shape index (κ3) is 4.56. The van der Waals surface area contributed by atoms with Gasteiger partial charge in [0.1, 0.15) is 0 Å². The Kier molecular flexibility index (Phi) is 5.91. The predicted molar refractivity (Wildman–Crippen MR) is 93.2 cm³/mol. The molecule has 0 heterocycles. The Hall–Kier alpha value is -2.87. The third-order valence-corrected chi connectivity index (χ3v) is 3.60. The average Bonchev–Trinajstić information content (AvgIpc) is 2.58. The first kappa shape index (κ1) is 17.5. The van der Waals surface area contributed by atoms with Crippen LogP contribution in [0.2, 0.25) is 0 Å². The Morgan fingerprint density at radius 3 is 2.67 bits per heavy atom. The minimum Gasteiger partial charge on any atom is -0.504 e. The molecule has 124 valence electrons. The first-order valence-corrected chi connectivity index (χ1v) is 7.56. The molecular weight excluding hydrogens is 378 g/mol. The topological polar surface area (TPSA) is 100 Å². The van der Waals surface area contributed by atoms with E-state index < -0.39 is 11.8 Å². The molecule has 24 heavy (non-hydrogen) atoms. The molecule has 0 saturated carbocycles. The molecule has 2 amide bonds. The molecule has 0 aliphatic heterocycles. The van der Waals surface area contributed by atoms with Gasteiger partial charge in [-0.2, -0.15) is 5.10 Å². The fraction of sp³-hybridized carbons (Fsp3) is 0.0625. The highest BCUT2D eigenvalue weighted by atomic mass is 79.9. The summed E-state index contributed by atoms with van der Waals surface area (Å²) in [5.74, 6) is -1.49. The van der Waals surface area contributed by atoms with E-state index in [9.17, 15) is 14.7 Å². The molecule has 0 bridgehead atoms. The number of methoxy groups -OCH3 is 1. The summed E-state index contributed by atoms with van der Waals surface area (Å²) in [6.45, 7) is 0. The van der Waals surface area contributed by atoms with E-state index in [-0.39, 0.29) is 11.5 Å². The number of phenols is 1. The quantitative estimate of drug-likeness (QED) is 0.422. The summed E-state index contributed by atoms with van der Waals surface area (Å²) in [6.07, 6.45) is 1.32. The van der Waals surface area contributed by atoms with Crippen molar-refractivity contribution < 1.29 is 19.4 Å². The lowest BCUT2D eigenvalue weighted by molar-refractivity contribution is -0.136. The van der Waals surface area contributed by atoms with Crippen LogP contribution in [-0.4, -0.2) is 30.2 Å². The summed E-state index contributed by atoms with van der Waals surface area (Å²) in [5, 5.41) is 15.6. The van der Waals surface area contributed by atoms with Crippen molar-refractivity contribution in [2.24, 2.45) is 5.10 Å². The van der Waals surface area contributed by atoms with Crippen LogP contribution >= 0.6 is 15.9 Å². The minimum absolute atomic E-state index is 0.00787. The lowest BCUT2D eigenvalue weighted by Crippen LogP contribution is -2.32. The van der Waals surface area contributed by atoms with E-state index in [1.54, 1.807) is 30.3 Å². The van der Waals surface area contributed by atoms with E-state index in [0.29, 0.717) is 15.7 Å². The molecule has 0 unspecified atom stereocenters. The molecule has 3 N–H and O–H groups in total. The van der Waals surface area contributed by atoms with Gasteiger partial charge in [0.05, 0.1) is 19.0 Å². The van der Waals surface area contributed by atoms with Crippen LogP contribution < -0.4 is 15.5 Å². The van der Waals surface area contributed by atoms with Gasteiger partial charge in [-0.3, -0.25) is 9.59 Å². The molecule has 0 radical (unpaired) electrons. The molecule has 8 heteroatoms. The highest BCUT2D eigenvalue weighted by molar-refractivity contribution is 9.10. The number of carbonyl (C=O) groups is 2. The van der Waals surface area contributed by atoms with E-state index in [2.05, 4.69) is 31.8 Å². The van der Waals surface area contributed by atoms with Crippen molar-refractivity contribution in [2.45, 2.75) is 0 Å². The molecule has 0 saturated heterocycles. The summed E-state index contributed by atoms with van der Waals surface area (Å²) in [5.41, 5.74) is 3.18. The van der Waals surface area contributed by atoms with Crippen LogP contribution in [0.5, 0.6) is 11.5 Å². The van der Waals surface area contributed by atoms with Crippen LogP contribution in [0.25, 0.3) is 0 Å². The number of nitrogens with zero attached hydrogens (tertiary/aromatic N) is 1. The van der Waals surface area contributed by atoms with Crippen LogP contribution in [-0.2, 0) is 9.59 Å². The monoisotopic (exact) mass is 391 g/mol. The zero-order chi connectivity index (χ0) is 17.5. The molecule has 0 aliphatic rings. The van der Waals surface area contributed by atoms with Crippen molar-refractivity contribution in [1.29, 1.82) is 0 Å². The number of amides is 2. The minimum atomic E-state index is -0.909. The van der Waals surface area contributed by atoms with Gasteiger partial charge in [0, 0.05) is 4.47 Å². The summed E-state index contributed by atoms with van der Waals surface area (Å²) >= 11 is 3.27. The second-order valence-corrected chi connectivity index (χ2v) is 5.42. The van der Waals surface area contributed by atoms with E-state index in [1.807, 2.05) is 0 Å². The molecule has 2 aromatic carbocycles. The zero-order valence-electron chi connectivity index (χ0n) is 12.6. The molecule has 0 atom stereocenters. The average molecular weight is 392 g/mol. The number of hydrazone groups is 1. The Morgan fingerprint density at radius 2 is 1.96 bits per heavy atom. The SMILES string of the molecule is COc1cc(/C=N/NC(=O)C(=O)Nc2ccccc2Br)ccc1O. The van der Waals surface area contributed by atoms with Gasteiger partial charge >= 0.3 is 11.8 Å². The Morgan fingerprint density at radius 1 is 1.21 bits per heavy atom. The number of phenolic OH excluding ortho intramolecular Hbond substituents is 1. The van der Waals surface area contributed by atoms with Crippen LogP contribution in [0, 0.1) is 0 Å². The van der Waals surface area contributed by atoms with Gasteiger partial charge in [0.15, 0.2) is 11.5 Å². The number of hydrogen-bond acceptors (Lipinski definition) is 5. The number of halogens is 1. The summed E-state index contributed by atoms with van der Waals surface area (Å²) in [7, 11) is 1.42. The lowest BCUT2D eigenvalue weighted by Gasteiger charge is -2.06. The van der Waals surface area contributed by atoms with Gasteiger partial charge in [-0.05, 0) is 51.8 Å². The second-order valence-electron chi connectivity index (χ2n) is 4.56. The molecular formula is C16H14BrN3O4. The van der Waals surface area contributed by atoms with Crippen molar-refractivity contribution in [3.8, 4) is 11.5 Å². The maximum absolute atomic E-state index is 11.8. The van der Waals surface area contributed by atoms with Crippen LogP contribution in [0.3, 0.4) is 0 Å². The Labute approximate surface area is 146 Å². The Bertz CT molecular complexity index is 793. The number of para-hydroxylation sites is 1. The maximum atomic E-state index is 11.8. The Balaban J connectivity index is 1.95. The largest absolute Gasteiger partial charge is 0.504 e. The third-order valence-electron chi connectivity index (χ3n) is 2.91. The first-order valence-electron chi connectivity index (χ1n) is 6.77. The van der Waals surface area contributed by atoms with Crippen molar-refractivity contribution in [3.05, 3.63) is 52.5 Å². The highest BCUT2D eigenvalue weighted by Gasteiger charge is 2.13. The fourth-order valence-electron chi connectivity index (χ4n) is 1.73. The molecule has 0 aromatic heterocycles. The number of ether oxygens (including phenoxy) is 1. The molecule has 2 aromatic rings. The van der Waals surface area contributed by atoms with E-state index in [4.69, 9.17) is 4.74 Å². The van der Waals surface area contributed by atoms with E-state index >= 15 is 0 Å². The van der Waals surface area contributed by atoms with Crippen molar-refractivity contribution >= 4 is 39.6 Å². The molecule has 0 fully saturated rings. The normalized spacial score (nSPS) is 10.4. The number of aromatic hydroxyl groups is 1. The highest BCUT2D eigenvalue weighted by Crippen LogP contribution is 2.25. The second kappa shape index (κ2) is 8.11. The molecule has 2 rings (SSSR count). The number of nitrogens with one attached hydrogen (secondary N) is 2. The standard InChI is InChI=1S/C16H14BrN3O4/c1-24-14-8-10(6-7-13(14)21)9-18-20-16(23)15(22)19-12-5-3-2-4-11(12)17/h2-9,21H,1H3,(H,19,22)(H,20,23)/b18-9+. The van der Waals surface area contributed by atoms with Gasteiger partial charge in [-0.1, -0.05) is 12.1 Å². The van der Waals surface area contributed by atoms with Gasteiger partial charge < -0.3 is 15.2 Å². The van der Waals surface area contributed by atoms with E-state index in [0.717, 1.165) is 0 Å². The number of anilines is 1. The van der Waals surface area contributed by atoms with Gasteiger partial charge in [0.2, 0.25) is 0 Å². The zero-order valence-corrected chi connectivity index (χ0v) is 14.2. The summed E-state index contributed by atoms with van der Waals surface area (Å²) in [4.78, 5) is 23.5. The van der Waals surface area contributed by atoms with Crippen LogP contribution in [0.1, 0.15) is 5.56 Å². The smallest absolute Gasteiger partial charge is 0.329 e. The summed E-state index contributed by atoms with van der Waals surface area (Å²) < 4.78 is 5.62. The van der Waals surface area contributed by atoms with Gasteiger partial charge in [-0.15, -0.1) is 0 Å². The van der Waals surface area contributed by atoms with Crippen LogP contribution in [0.15, 0.2) is 52.0 Å². The molecule has 7 nitrogen and oxygen atoms in total. The molecule has 0 spiro atoms. The van der Waals surface area contributed by atoms with Gasteiger partial charge in [0.25, 0.3) is 0 Å². The lowest BCUT2D eigenvalue weighted by atomic mass is 10.2. The number of benzene rings is 2. The predicted octanol–water partition coefficient (Wildman–Crippen LogP) is 2.25. The van der Waals surface area contributed by atoms with Crippen LogP contribution in [0.4, 0.5) is 5.69 Å². The van der Waals surface area contributed by atoms with Gasteiger partial charge in [-0.25, -0.2) is 5.43 Å². The maximum Gasteiger partial charge on any atom is 0.329 e. The molecule has 0 aliphatic carbocycles. The van der Waals surface area contributed by atoms with E-state index in [1.165, 1.54) is 25.5 Å². The number of hydrogen-bond donors (Lipinski definition) is 3. The van der Waals surface area contributed by atoms with Crippen molar-refractivity contribution in [1.82, 2.24) is 5.43 Å². The van der Waals surface area contributed by atoms with Crippen molar-refractivity contribution in [3.63, 3.8) is 0 Å². The number of carbonyl (C=O) groups excluding carboxylic acids is 2. The van der Waals surface area contributed by atoms with Crippen molar-refractivity contribution in [2.75, 3.05) is 12.4 Å².